The molecule has 0 radical (unpaired) electrons. The van der Waals surface area contributed by atoms with Gasteiger partial charge >= 0.3 is 0 Å². The zero-order valence-electron chi connectivity index (χ0n) is 16.1. The minimum Gasteiger partial charge on any atom is -0.377 e. The summed E-state index contributed by atoms with van der Waals surface area (Å²) >= 11 is 0. The number of hydrogen-bond acceptors (Lipinski definition) is 4. The molecule has 0 aromatic carbocycles. The lowest BCUT2D eigenvalue weighted by atomic mass is 10.3. The van der Waals surface area contributed by atoms with Gasteiger partial charge in [-0.2, -0.15) is 0 Å². The largest absolute Gasteiger partial charge is 0.377 e. The van der Waals surface area contributed by atoms with Crippen LogP contribution in [0.3, 0.4) is 0 Å². The van der Waals surface area contributed by atoms with Crippen molar-refractivity contribution in [1.82, 2.24) is 4.90 Å². The fourth-order valence-electron chi connectivity index (χ4n) is 4.55. The number of rotatable bonds is 12. The van der Waals surface area contributed by atoms with Crippen LogP contribution in [0.15, 0.2) is 0 Å². The summed E-state index contributed by atoms with van der Waals surface area (Å²) in [5.74, 6) is 0. The van der Waals surface area contributed by atoms with Crippen LogP contribution >= 0.6 is 0 Å². The van der Waals surface area contributed by atoms with Gasteiger partial charge in [-0.1, -0.05) is 38.5 Å². The fourth-order valence-corrected chi connectivity index (χ4v) is 4.55. The van der Waals surface area contributed by atoms with Gasteiger partial charge in [0, 0.05) is 19.6 Å². The standard InChI is InChI=1S/C21H39NO3/c1-2-8-19(7-1)23-16-13-22(14-17-24-20-9-3-4-10-20)15-18-25-21-11-5-6-12-21/h19-21H,1-18H2. The van der Waals surface area contributed by atoms with Crippen LogP contribution in [-0.2, 0) is 14.2 Å². The summed E-state index contributed by atoms with van der Waals surface area (Å²) < 4.78 is 18.2. The Morgan fingerprint density at radius 1 is 0.480 bits per heavy atom. The van der Waals surface area contributed by atoms with Gasteiger partial charge in [-0.15, -0.1) is 0 Å². The van der Waals surface area contributed by atoms with E-state index in [9.17, 15) is 0 Å². The van der Waals surface area contributed by atoms with Gasteiger partial charge in [0.15, 0.2) is 0 Å². The van der Waals surface area contributed by atoms with Crippen LogP contribution in [0.4, 0.5) is 0 Å². The zero-order chi connectivity index (χ0) is 17.2. The maximum atomic E-state index is 6.07. The maximum absolute atomic E-state index is 6.07. The topological polar surface area (TPSA) is 30.9 Å². The van der Waals surface area contributed by atoms with E-state index in [0.717, 1.165) is 39.5 Å². The summed E-state index contributed by atoms with van der Waals surface area (Å²) in [4.78, 5) is 2.48. The lowest BCUT2D eigenvalue weighted by molar-refractivity contribution is 0.00170. The predicted molar refractivity (Wildman–Crippen MR) is 101 cm³/mol. The third-order valence-electron chi connectivity index (χ3n) is 6.19. The van der Waals surface area contributed by atoms with Gasteiger partial charge in [0.2, 0.25) is 0 Å². The van der Waals surface area contributed by atoms with Gasteiger partial charge in [-0.05, 0) is 38.5 Å². The first-order valence-corrected chi connectivity index (χ1v) is 11.0. The Balaban J connectivity index is 1.31. The van der Waals surface area contributed by atoms with Gasteiger partial charge in [-0.3, -0.25) is 4.90 Å². The van der Waals surface area contributed by atoms with E-state index in [2.05, 4.69) is 4.90 Å². The third kappa shape index (κ3) is 7.54. The second-order valence-electron chi connectivity index (χ2n) is 8.17. The molecule has 0 aromatic rings. The molecule has 0 heterocycles. The van der Waals surface area contributed by atoms with Crippen molar-refractivity contribution in [2.75, 3.05) is 39.5 Å². The van der Waals surface area contributed by atoms with E-state index >= 15 is 0 Å². The number of nitrogens with zero attached hydrogens (tertiary/aromatic N) is 1. The lowest BCUT2D eigenvalue weighted by Gasteiger charge is -2.24. The Morgan fingerprint density at radius 3 is 1.04 bits per heavy atom. The quantitative estimate of drug-likeness (QED) is 0.527. The van der Waals surface area contributed by atoms with Crippen molar-refractivity contribution < 1.29 is 14.2 Å². The summed E-state index contributed by atoms with van der Waals surface area (Å²) in [6.45, 7) is 5.61. The highest BCUT2D eigenvalue weighted by Crippen LogP contribution is 2.22. The summed E-state index contributed by atoms with van der Waals surface area (Å²) in [5.41, 5.74) is 0. The van der Waals surface area contributed by atoms with Gasteiger partial charge in [-0.25, -0.2) is 0 Å². The first kappa shape index (κ1) is 19.6. The van der Waals surface area contributed by atoms with Crippen LogP contribution in [0.5, 0.6) is 0 Å². The molecule has 25 heavy (non-hydrogen) atoms. The van der Waals surface area contributed by atoms with Crippen molar-refractivity contribution in [3.63, 3.8) is 0 Å². The summed E-state index contributed by atoms with van der Waals surface area (Å²) in [5, 5.41) is 0. The summed E-state index contributed by atoms with van der Waals surface area (Å²) in [6.07, 6.45) is 17.2. The fraction of sp³-hybridized carbons (Fsp3) is 1.00. The van der Waals surface area contributed by atoms with Gasteiger partial charge in [0.25, 0.3) is 0 Å². The van der Waals surface area contributed by atoms with Crippen LogP contribution < -0.4 is 0 Å². The van der Waals surface area contributed by atoms with E-state index in [4.69, 9.17) is 14.2 Å². The SMILES string of the molecule is C1CCC(OCCN(CCOC2CCCC2)CCOC2CCCC2)C1. The Morgan fingerprint density at radius 2 is 0.760 bits per heavy atom. The molecule has 4 nitrogen and oxygen atoms in total. The van der Waals surface area contributed by atoms with Gasteiger partial charge in [0.1, 0.15) is 0 Å². The lowest BCUT2D eigenvalue weighted by Crippen LogP contribution is -2.35. The van der Waals surface area contributed by atoms with Crippen molar-refractivity contribution in [2.45, 2.75) is 95.4 Å². The molecule has 0 saturated heterocycles. The Bertz CT molecular complexity index is 282. The van der Waals surface area contributed by atoms with Crippen LogP contribution in [0.25, 0.3) is 0 Å². The highest BCUT2D eigenvalue weighted by molar-refractivity contribution is 4.70. The molecule has 146 valence electrons. The van der Waals surface area contributed by atoms with Crippen LogP contribution in [-0.4, -0.2) is 62.7 Å². The maximum Gasteiger partial charge on any atom is 0.0597 e. The van der Waals surface area contributed by atoms with E-state index in [-0.39, 0.29) is 0 Å². The second-order valence-corrected chi connectivity index (χ2v) is 8.17. The molecule has 0 N–H and O–H groups in total. The molecule has 3 rings (SSSR count). The normalized spacial score (nSPS) is 23.4. The van der Waals surface area contributed by atoms with Crippen LogP contribution in [0.2, 0.25) is 0 Å². The molecule has 3 saturated carbocycles. The molecule has 0 unspecified atom stereocenters. The van der Waals surface area contributed by atoms with Gasteiger partial charge in [0.05, 0.1) is 38.1 Å². The van der Waals surface area contributed by atoms with Crippen molar-refractivity contribution in [1.29, 1.82) is 0 Å². The van der Waals surface area contributed by atoms with Crippen molar-refractivity contribution in [3.05, 3.63) is 0 Å². The minimum atomic E-state index is 0.520. The van der Waals surface area contributed by atoms with E-state index < -0.39 is 0 Å². The molecule has 3 fully saturated rings. The highest BCUT2D eigenvalue weighted by Gasteiger charge is 2.18. The number of ether oxygens (including phenoxy) is 3. The van der Waals surface area contributed by atoms with E-state index in [1.54, 1.807) is 0 Å². The molecule has 3 aliphatic carbocycles. The average Bonchev–Trinajstić information content (AvgIpc) is 3.38. The number of hydrogen-bond donors (Lipinski definition) is 0. The molecule has 0 atom stereocenters. The second kappa shape index (κ2) is 11.5. The molecular formula is C21H39NO3. The predicted octanol–water partition coefficient (Wildman–Crippen LogP) is 4.17. The first-order valence-electron chi connectivity index (χ1n) is 11.0. The van der Waals surface area contributed by atoms with E-state index in [0.29, 0.717) is 18.3 Å². The Kier molecular flexibility index (Phi) is 9.04. The smallest absolute Gasteiger partial charge is 0.0597 e. The van der Waals surface area contributed by atoms with E-state index in [1.807, 2.05) is 0 Å². The first-order chi connectivity index (χ1) is 12.4. The third-order valence-corrected chi connectivity index (χ3v) is 6.19. The van der Waals surface area contributed by atoms with Crippen LogP contribution in [0.1, 0.15) is 77.0 Å². The van der Waals surface area contributed by atoms with Gasteiger partial charge < -0.3 is 14.2 Å². The average molecular weight is 354 g/mol. The molecular weight excluding hydrogens is 314 g/mol. The molecule has 0 bridgehead atoms. The molecule has 0 amide bonds. The summed E-state index contributed by atoms with van der Waals surface area (Å²) in [6, 6.07) is 0. The highest BCUT2D eigenvalue weighted by atomic mass is 16.5. The van der Waals surface area contributed by atoms with Crippen LogP contribution in [0, 0.1) is 0 Å². The minimum absolute atomic E-state index is 0.520. The molecule has 0 aliphatic heterocycles. The Labute approximate surface area is 154 Å². The van der Waals surface area contributed by atoms with Crippen molar-refractivity contribution in [2.24, 2.45) is 0 Å². The Hall–Kier alpha value is -0.160. The zero-order valence-corrected chi connectivity index (χ0v) is 16.1. The molecule has 3 aliphatic rings. The summed E-state index contributed by atoms with van der Waals surface area (Å²) in [7, 11) is 0. The van der Waals surface area contributed by atoms with E-state index in [1.165, 1.54) is 77.0 Å². The van der Waals surface area contributed by atoms with Crippen molar-refractivity contribution in [3.8, 4) is 0 Å². The molecule has 0 aromatic heterocycles. The monoisotopic (exact) mass is 353 g/mol. The van der Waals surface area contributed by atoms with Crippen molar-refractivity contribution >= 4 is 0 Å². The molecule has 0 spiro atoms. The molecule has 4 heteroatoms.